The molecule has 0 spiro atoms. The van der Waals surface area contributed by atoms with E-state index >= 15 is 0 Å². The quantitative estimate of drug-likeness (QED) is 0.663. The summed E-state index contributed by atoms with van der Waals surface area (Å²) < 4.78 is 0. The Morgan fingerprint density at radius 3 is 2.17 bits per heavy atom. The largest absolute Gasteiger partial charge is 0.332 e. The van der Waals surface area contributed by atoms with E-state index in [1.165, 1.54) is 27.8 Å². The standard InChI is InChI=1S/C22H33NO/c1-7-9-19-13-18(6)23(22(24)20(19)10-8-2)14-21-16(4)11-15(3)12-17(21)5/h11-12,18H,7-10,13-14H2,1-6H3. The van der Waals surface area contributed by atoms with Gasteiger partial charge >= 0.3 is 0 Å². The van der Waals surface area contributed by atoms with Crippen LogP contribution in [0.2, 0.25) is 0 Å². The molecule has 0 aromatic heterocycles. The van der Waals surface area contributed by atoms with Crippen LogP contribution in [0.3, 0.4) is 0 Å². The minimum atomic E-state index is 0.276. The first kappa shape index (κ1) is 18.8. The lowest BCUT2D eigenvalue weighted by Crippen LogP contribution is -2.43. The van der Waals surface area contributed by atoms with E-state index in [4.69, 9.17) is 0 Å². The van der Waals surface area contributed by atoms with E-state index < -0.39 is 0 Å². The van der Waals surface area contributed by atoms with Crippen LogP contribution in [0.15, 0.2) is 23.3 Å². The van der Waals surface area contributed by atoms with Crippen molar-refractivity contribution >= 4 is 5.91 Å². The van der Waals surface area contributed by atoms with Crippen molar-refractivity contribution in [1.29, 1.82) is 0 Å². The molecule has 0 radical (unpaired) electrons. The van der Waals surface area contributed by atoms with Crippen molar-refractivity contribution in [2.45, 2.75) is 86.2 Å². The first-order valence-corrected chi connectivity index (χ1v) is 9.47. The molecule has 1 heterocycles. The van der Waals surface area contributed by atoms with Gasteiger partial charge in [0, 0.05) is 18.2 Å². The highest BCUT2D eigenvalue weighted by atomic mass is 16.2. The molecule has 1 aliphatic rings. The molecule has 2 heteroatoms. The van der Waals surface area contributed by atoms with Crippen LogP contribution in [0.1, 0.15) is 75.1 Å². The monoisotopic (exact) mass is 327 g/mol. The highest BCUT2D eigenvalue weighted by molar-refractivity contribution is 5.95. The number of carbonyl (C=O) groups excluding carboxylic acids is 1. The highest BCUT2D eigenvalue weighted by Gasteiger charge is 2.31. The van der Waals surface area contributed by atoms with Gasteiger partial charge in [0.15, 0.2) is 0 Å². The van der Waals surface area contributed by atoms with Gasteiger partial charge in [-0.25, -0.2) is 0 Å². The van der Waals surface area contributed by atoms with Gasteiger partial charge < -0.3 is 4.90 Å². The number of aryl methyl sites for hydroxylation is 3. The number of carbonyl (C=O) groups is 1. The zero-order chi connectivity index (χ0) is 17.9. The molecular formula is C22H33NO. The summed E-state index contributed by atoms with van der Waals surface area (Å²) in [5.74, 6) is 0.276. The van der Waals surface area contributed by atoms with Crippen molar-refractivity contribution in [3.05, 3.63) is 45.5 Å². The lowest BCUT2D eigenvalue weighted by atomic mass is 9.88. The Balaban J connectivity index is 2.33. The second kappa shape index (κ2) is 8.00. The molecule has 0 aliphatic carbocycles. The molecule has 0 saturated carbocycles. The lowest BCUT2D eigenvalue weighted by Gasteiger charge is -2.37. The topological polar surface area (TPSA) is 20.3 Å². The average molecular weight is 328 g/mol. The summed E-state index contributed by atoms with van der Waals surface area (Å²) in [6, 6.07) is 4.75. The Morgan fingerprint density at radius 1 is 1.04 bits per heavy atom. The number of hydrogen-bond acceptors (Lipinski definition) is 1. The minimum Gasteiger partial charge on any atom is -0.332 e. The van der Waals surface area contributed by atoms with Gasteiger partial charge in [0.05, 0.1) is 0 Å². The summed E-state index contributed by atoms with van der Waals surface area (Å²) in [6.07, 6.45) is 5.20. The molecule has 1 unspecified atom stereocenters. The van der Waals surface area contributed by atoms with E-state index in [2.05, 4.69) is 58.6 Å². The average Bonchev–Trinajstić information content (AvgIpc) is 2.49. The second-order valence-corrected chi connectivity index (χ2v) is 7.45. The number of amides is 1. The van der Waals surface area contributed by atoms with Crippen molar-refractivity contribution in [3.8, 4) is 0 Å². The summed E-state index contributed by atoms with van der Waals surface area (Å²) in [5, 5.41) is 0. The zero-order valence-corrected chi connectivity index (χ0v) is 16.3. The Morgan fingerprint density at radius 2 is 1.62 bits per heavy atom. The molecule has 132 valence electrons. The first-order valence-electron chi connectivity index (χ1n) is 9.47. The van der Waals surface area contributed by atoms with Crippen LogP contribution >= 0.6 is 0 Å². The smallest absolute Gasteiger partial charge is 0.250 e. The molecule has 1 aromatic rings. The van der Waals surface area contributed by atoms with Gasteiger partial charge in [-0.3, -0.25) is 4.79 Å². The molecule has 24 heavy (non-hydrogen) atoms. The number of rotatable bonds is 6. The molecule has 2 nitrogen and oxygen atoms in total. The van der Waals surface area contributed by atoms with Crippen LogP contribution in [-0.4, -0.2) is 16.8 Å². The van der Waals surface area contributed by atoms with Crippen molar-refractivity contribution in [2.75, 3.05) is 0 Å². The fourth-order valence-electron chi connectivity index (χ4n) is 4.06. The van der Waals surface area contributed by atoms with Crippen LogP contribution in [-0.2, 0) is 11.3 Å². The molecule has 1 amide bonds. The molecule has 0 N–H and O–H groups in total. The van der Waals surface area contributed by atoms with E-state index in [0.29, 0.717) is 6.04 Å². The first-order chi connectivity index (χ1) is 11.4. The minimum absolute atomic E-state index is 0.276. The highest BCUT2D eigenvalue weighted by Crippen LogP contribution is 2.32. The molecule has 0 bridgehead atoms. The van der Waals surface area contributed by atoms with E-state index in [1.54, 1.807) is 0 Å². The predicted molar refractivity (Wildman–Crippen MR) is 102 cm³/mol. The van der Waals surface area contributed by atoms with Crippen molar-refractivity contribution < 1.29 is 4.79 Å². The van der Waals surface area contributed by atoms with E-state index in [0.717, 1.165) is 44.2 Å². The summed E-state index contributed by atoms with van der Waals surface area (Å²) in [7, 11) is 0. The van der Waals surface area contributed by atoms with Gasteiger partial charge in [-0.15, -0.1) is 0 Å². The molecule has 1 aliphatic heterocycles. The third-order valence-electron chi connectivity index (χ3n) is 5.24. The predicted octanol–water partition coefficient (Wildman–Crippen LogP) is 5.63. The molecule has 1 aromatic carbocycles. The summed E-state index contributed by atoms with van der Waals surface area (Å²) in [5.41, 5.74) is 7.71. The third-order valence-corrected chi connectivity index (χ3v) is 5.24. The lowest BCUT2D eigenvalue weighted by molar-refractivity contribution is -0.131. The number of benzene rings is 1. The number of nitrogens with zero attached hydrogens (tertiary/aromatic N) is 1. The zero-order valence-electron chi connectivity index (χ0n) is 16.3. The van der Waals surface area contributed by atoms with E-state index in [1.807, 2.05) is 0 Å². The van der Waals surface area contributed by atoms with Crippen molar-refractivity contribution in [1.82, 2.24) is 4.90 Å². The van der Waals surface area contributed by atoms with Crippen LogP contribution in [0.5, 0.6) is 0 Å². The van der Waals surface area contributed by atoms with Gasteiger partial charge in [0.25, 0.3) is 0 Å². The maximum absolute atomic E-state index is 13.2. The van der Waals surface area contributed by atoms with Gasteiger partial charge in [-0.1, -0.05) is 50.0 Å². The van der Waals surface area contributed by atoms with Gasteiger partial charge in [-0.05, 0) is 63.6 Å². The van der Waals surface area contributed by atoms with E-state index in [-0.39, 0.29) is 5.91 Å². The van der Waals surface area contributed by atoms with Crippen LogP contribution in [0, 0.1) is 20.8 Å². The number of hydrogen-bond donors (Lipinski definition) is 0. The van der Waals surface area contributed by atoms with Crippen LogP contribution in [0.4, 0.5) is 0 Å². The fraction of sp³-hybridized carbons (Fsp3) is 0.591. The second-order valence-electron chi connectivity index (χ2n) is 7.45. The molecule has 1 atom stereocenters. The SMILES string of the molecule is CCCC1=C(CCC)C(=O)N(Cc2c(C)cc(C)cc2C)C(C)C1. The third kappa shape index (κ3) is 3.91. The van der Waals surface area contributed by atoms with E-state index in [9.17, 15) is 4.79 Å². The van der Waals surface area contributed by atoms with Crippen molar-refractivity contribution in [2.24, 2.45) is 0 Å². The van der Waals surface area contributed by atoms with Gasteiger partial charge in [0.1, 0.15) is 0 Å². The normalized spacial score (nSPS) is 18.5. The maximum atomic E-state index is 13.2. The molecule has 2 rings (SSSR count). The van der Waals surface area contributed by atoms with Crippen LogP contribution < -0.4 is 0 Å². The summed E-state index contributed by atoms with van der Waals surface area (Å²) in [4.78, 5) is 15.3. The van der Waals surface area contributed by atoms with Gasteiger partial charge in [0.2, 0.25) is 5.91 Å². The molecule has 0 fully saturated rings. The Hall–Kier alpha value is -1.57. The maximum Gasteiger partial charge on any atom is 0.250 e. The van der Waals surface area contributed by atoms with Gasteiger partial charge in [-0.2, -0.15) is 0 Å². The fourth-order valence-corrected chi connectivity index (χ4v) is 4.06. The Kier molecular flexibility index (Phi) is 6.26. The van der Waals surface area contributed by atoms with Crippen molar-refractivity contribution in [3.63, 3.8) is 0 Å². The van der Waals surface area contributed by atoms with Crippen LogP contribution in [0.25, 0.3) is 0 Å². The summed E-state index contributed by atoms with van der Waals surface area (Å²) in [6.45, 7) is 13.8. The Bertz CT molecular complexity index is 618. The summed E-state index contributed by atoms with van der Waals surface area (Å²) >= 11 is 0. The Labute approximate surface area is 147 Å². The molecule has 0 saturated heterocycles. The molecular weight excluding hydrogens is 294 g/mol.